The Balaban J connectivity index is 1.40. The Bertz CT molecular complexity index is 1290. The van der Waals surface area contributed by atoms with Crippen LogP contribution in [0.2, 0.25) is 0 Å². The summed E-state index contributed by atoms with van der Waals surface area (Å²) in [7, 11) is 3.28. The zero-order valence-corrected chi connectivity index (χ0v) is 16.8. The van der Waals surface area contributed by atoms with E-state index in [1.807, 2.05) is 0 Å². The normalized spacial score (nSPS) is 34.5. The van der Waals surface area contributed by atoms with Crippen LogP contribution in [0.4, 0.5) is 5.82 Å². The third-order valence-corrected chi connectivity index (χ3v) is 7.08. The number of amides is 1. The Morgan fingerprint density at radius 2 is 2.19 bits per heavy atom. The van der Waals surface area contributed by atoms with Crippen LogP contribution in [0.3, 0.4) is 0 Å². The molecule has 10 heteroatoms. The molecular weight excluding hydrogens is 400 g/mol. The van der Waals surface area contributed by atoms with Gasteiger partial charge in [0.2, 0.25) is 11.7 Å². The highest BCUT2D eigenvalue weighted by atomic mass is 16.4. The minimum Gasteiger partial charge on any atom is -0.456 e. The van der Waals surface area contributed by atoms with E-state index in [1.54, 1.807) is 37.1 Å². The van der Waals surface area contributed by atoms with Crippen molar-refractivity contribution in [2.75, 3.05) is 19.4 Å². The molecule has 158 valence electrons. The molecule has 0 saturated heterocycles. The number of nitrogens with zero attached hydrogens (tertiary/aromatic N) is 4. The largest absolute Gasteiger partial charge is 0.456 e. The van der Waals surface area contributed by atoms with Gasteiger partial charge in [0.15, 0.2) is 22.7 Å². The highest BCUT2D eigenvalue weighted by Gasteiger charge is 2.91. The Kier molecular flexibility index (Phi) is 3.46. The number of imidazole rings is 1. The Labute approximate surface area is 176 Å². The highest BCUT2D eigenvalue weighted by molar-refractivity contribution is 5.89. The summed E-state index contributed by atoms with van der Waals surface area (Å²) < 4.78 is 7.00. The molecule has 3 aliphatic rings. The Morgan fingerprint density at radius 1 is 1.35 bits per heavy atom. The SMILES string of the molecule is CNC(=O)C12CC1C1C(n3cnc4c(NC)nc(C#Cc5ccco5)nc43)C1(O)C2O. The average Bonchev–Trinajstić information content (AvgIpc) is 3.41. The van der Waals surface area contributed by atoms with Gasteiger partial charge in [-0.25, -0.2) is 15.0 Å². The van der Waals surface area contributed by atoms with Crippen LogP contribution in [-0.2, 0) is 4.79 Å². The second kappa shape index (κ2) is 5.84. The van der Waals surface area contributed by atoms with Crippen LogP contribution < -0.4 is 10.6 Å². The van der Waals surface area contributed by atoms with E-state index >= 15 is 0 Å². The molecule has 0 spiro atoms. The van der Waals surface area contributed by atoms with Gasteiger partial charge in [-0.15, -0.1) is 0 Å². The molecule has 31 heavy (non-hydrogen) atoms. The van der Waals surface area contributed by atoms with E-state index in [2.05, 4.69) is 37.4 Å². The minimum absolute atomic E-state index is 0.0706. The molecule has 3 aromatic rings. The maximum atomic E-state index is 12.3. The lowest BCUT2D eigenvalue weighted by Crippen LogP contribution is -2.45. The van der Waals surface area contributed by atoms with Gasteiger partial charge in [0.05, 0.1) is 30.2 Å². The van der Waals surface area contributed by atoms with E-state index in [4.69, 9.17) is 4.42 Å². The van der Waals surface area contributed by atoms with Crippen LogP contribution in [0, 0.1) is 29.1 Å². The minimum atomic E-state index is -1.38. The van der Waals surface area contributed by atoms with Crippen LogP contribution >= 0.6 is 0 Å². The monoisotopic (exact) mass is 420 g/mol. The third kappa shape index (κ3) is 2.14. The molecule has 6 atom stereocenters. The second-order valence-electron chi connectivity index (χ2n) is 8.39. The van der Waals surface area contributed by atoms with Gasteiger partial charge in [-0.05, 0) is 36.3 Å². The lowest BCUT2D eigenvalue weighted by atomic mass is 9.93. The quantitative estimate of drug-likeness (QED) is 0.431. The fourth-order valence-electron chi connectivity index (χ4n) is 5.60. The van der Waals surface area contributed by atoms with Gasteiger partial charge in [0.1, 0.15) is 5.60 Å². The topological polar surface area (TPSA) is 138 Å². The summed E-state index contributed by atoms with van der Waals surface area (Å²) in [5, 5.41) is 27.8. The molecule has 0 aliphatic heterocycles. The summed E-state index contributed by atoms with van der Waals surface area (Å²) in [6.45, 7) is 0. The molecule has 3 heterocycles. The third-order valence-electron chi connectivity index (χ3n) is 7.08. The first-order valence-corrected chi connectivity index (χ1v) is 10.1. The van der Waals surface area contributed by atoms with Crippen molar-refractivity contribution in [1.82, 2.24) is 24.8 Å². The first-order valence-electron chi connectivity index (χ1n) is 10.1. The number of anilines is 1. The zero-order valence-electron chi connectivity index (χ0n) is 16.8. The van der Waals surface area contributed by atoms with Gasteiger partial charge in [-0.1, -0.05) is 0 Å². The molecule has 10 nitrogen and oxygen atoms in total. The summed E-state index contributed by atoms with van der Waals surface area (Å²) in [5.41, 5.74) is -1.21. The van der Waals surface area contributed by atoms with Crippen LogP contribution in [0.1, 0.15) is 24.0 Å². The first kappa shape index (κ1) is 18.4. The van der Waals surface area contributed by atoms with Crippen molar-refractivity contribution in [3.8, 4) is 11.8 Å². The van der Waals surface area contributed by atoms with Crippen molar-refractivity contribution in [3.05, 3.63) is 36.3 Å². The lowest BCUT2D eigenvalue weighted by molar-refractivity contribution is -0.134. The number of hydrogen-bond acceptors (Lipinski definition) is 8. The number of rotatable bonds is 3. The molecule has 0 radical (unpaired) electrons. The molecule has 3 saturated carbocycles. The number of aliphatic hydroxyl groups is 2. The smallest absolute Gasteiger partial charge is 0.229 e. The number of carbonyl (C=O) groups excluding carboxylic acids is 1. The summed E-state index contributed by atoms with van der Waals surface area (Å²) >= 11 is 0. The number of nitrogens with one attached hydrogen (secondary N) is 2. The Morgan fingerprint density at radius 3 is 2.84 bits per heavy atom. The predicted octanol–water partition coefficient (Wildman–Crippen LogP) is -0.110. The molecule has 3 aliphatic carbocycles. The number of aliphatic hydroxyl groups excluding tert-OH is 1. The fraction of sp³-hybridized carbons (Fsp3) is 0.429. The van der Waals surface area contributed by atoms with Crippen LogP contribution in [0.5, 0.6) is 0 Å². The fourth-order valence-corrected chi connectivity index (χ4v) is 5.60. The summed E-state index contributed by atoms with van der Waals surface area (Å²) in [4.78, 5) is 25.7. The summed E-state index contributed by atoms with van der Waals surface area (Å²) in [6.07, 6.45) is 2.57. The molecule has 0 bridgehead atoms. The predicted molar refractivity (Wildman–Crippen MR) is 108 cm³/mol. The number of furan rings is 1. The molecule has 0 aromatic carbocycles. The van der Waals surface area contributed by atoms with E-state index in [1.165, 1.54) is 6.26 Å². The van der Waals surface area contributed by atoms with Gasteiger partial charge < -0.3 is 29.8 Å². The Hall–Kier alpha value is -3.42. The lowest BCUT2D eigenvalue weighted by Gasteiger charge is -2.25. The average molecular weight is 420 g/mol. The van der Waals surface area contributed by atoms with E-state index in [-0.39, 0.29) is 23.6 Å². The number of carbonyl (C=O) groups is 1. The summed E-state index contributed by atoms with van der Waals surface area (Å²) in [5.74, 6) is 6.53. The molecule has 1 amide bonds. The number of hydrogen-bond donors (Lipinski definition) is 4. The maximum Gasteiger partial charge on any atom is 0.229 e. The first-order chi connectivity index (χ1) is 15.0. The van der Waals surface area contributed by atoms with Crippen LogP contribution in [0.15, 0.2) is 29.1 Å². The molecular formula is C21H20N6O4. The van der Waals surface area contributed by atoms with E-state index in [9.17, 15) is 15.0 Å². The second-order valence-corrected chi connectivity index (χ2v) is 8.39. The standard InChI is InChI=1S/C21H20N6O4/c1-22-16-14-17(26-12(25-16)6-5-10-4-3-7-31-10)27(9-24-14)15-13-11-8-20(11,19(29)23-2)18(28)21(13,15)30/h3-4,7,9,11,13,15,18,28,30H,8H2,1-2H3,(H,23,29)(H,22,25,26). The van der Waals surface area contributed by atoms with Gasteiger partial charge in [-0.2, -0.15) is 0 Å². The summed E-state index contributed by atoms with van der Waals surface area (Å²) in [6, 6.07) is 3.07. The van der Waals surface area contributed by atoms with E-state index in [0.717, 1.165) is 0 Å². The van der Waals surface area contributed by atoms with Crippen molar-refractivity contribution in [2.24, 2.45) is 17.3 Å². The van der Waals surface area contributed by atoms with Gasteiger partial charge in [0.25, 0.3) is 0 Å². The number of fused-ring (bicyclic) bond motifs is 4. The van der Waals surface area contributed by atoms with Crippen molar-refractivity contribution in [3.63, 3.8) is 0 Å². The van der Waals surface area contributed by atoms with Gasteiger partial charge in [-0.3, -0.25) is 4.79 Å². The van der Waals surface area contributed by atoms with E-state index in [0.29, 0.717) is 29.2 Å². The van der Waals surface area contributed by atoms with Crippen LogP contribution in [0.25, 0.3) is 11.2 Å². The zero-order chi connectivity index (χ0) is 21.5. The molecule has 6 unspecified atom stereocenters. The highest BCUT2D eigenvalue weighted by Crippen LogP contribution is 2.82. The van der Waals surface area contributed by atoms with Crippen molar-refractivity contribution < 1.29 is 19.4 Å². The molecule has 3 fully saturated rings. The van der Waals surface area contributed by atoms with Crippen molar-refractivity contribution in [1.29, 1.82) is 0 Å². The van der Waals surface area contributed by atoms with Crippen LogP contribution in [-0.4, -0.2) is 61.4 Å². The maximum absolute atomic E-state index is 12.3. The van der Waals surface area contributed by atoms with Crippen molar-refractivity contribution >= 4 is 22.9 Å². The number of aromatic nitrogens is 4. The van der Waals surface area contributed by atoms with E-state index < -0.39 is 23.2 Å². The van der Waals surface area contributed by atoms with Gasteiger partial charge in [0, 0.05) is 20.0 Å². The molecule has 3 aromatic heterocycles. The molecule has 6 rings (SSSR count). The van der Waals surface area contributed by atoms with Gasteiger partial charge >= 0.3 is 0 Å². The molecule has 4 N–H and O–H groups in total. The van der Waals surface area contributed by atoms with Crippen molar-refractivity contribution in [2.45, 2.75) is 24.2 Å².